The minimum atomic E-state index is -2.46. The molecule has 3 aromatic rings. The van der Waals surface area contributed by atoms with Crippen molar-refractivity contribution in [2.45, 2.75) is 57.2 Å². The van der Waals surface area contributed by atoms with Crippen LogP contribution < -0.4 is 9.47 Å². The van der Waals surface area contributed by atoms with E-state index in [1.165, 1.54) is 6.07 Å². The Morgan fingerprint density at radius 2 is 1.82 bits per heavy atom. The summed E-state index contributed by atoms with van der Waals surface area (Å²) in [5.41, 5.74) is 3.99. The first-order valence-corrected chi connectivity index (χ1v) is 15.2. The van der Waals surface area contributed by atoms with Crippen molar-refractivity contribution in [2.24, 2.45) is 0 Å². The van der Waals surface area contributed by atoms with Gasteiger partial charge in [-0.05, 0) is 60.7 Å². The minimum Gasteiger partial charge on any atom is -0.486 e. The Hall–Kier alpha value is -3.58. The summed E-state index contributed by atoms with van der Waals surface area (Å²) in [6.07, 6.45) is 3.55. The van der Waals surface area contributed by atoms with E-state index in [4.69, 9.17) is 9.47 Å². The number of fused-ring (bicyclic) bond motifs is 1. The lowest BCUT2D eigenvalue weighted by Crippen LogP contribution is -2.28. The third kappa shape index (κ3) is 6.41. The quantitative estimate of drug-likeness (QED) is 0.257. The highest BCUT2D eigenvalue weighted by molar-refractivity contribution is 8.24. The van der Waals surface area contributed by atoms with Gasteiger partial charge in [0.15, 0.2) is 0 Å². The molecular formula is C31H32FNO6S. The van der Waals surface area contributed by atoms with Crippen molar-refractivity contribution in [3.05, 3.63) is 77.2 Å². The van der Waals surface area contributed by atoms with Gasteiger partial charge in [0.25, 0.3) is 0 Å². The number of ether oxygens (including phenoxy) is 2. The fourth-order valence-corrected chi connectivity index (χ4v) is 6.88. The Morgan fingerprint density at radius 1 is 1.07 bits per heavy atom. The molecule has 1 aromatic heterocycles. The first-order chi connectivity index (χ1) is 19.2. The van der Waals surface area contributed by atoms with Gasteiger partial charge in [-0.3, -0.25) is 13.9 Å². The third-order valence-corrected chi connectivity index (χ3v) is 9.19. The van der Waals surface area contributed by atoms with Crippen LogP contribution in [0.3, 0.4) is 0 Å². The summed E-state index contributed by atoms with van der Waals surface area (Å²) in [7, 11) is -2.46. The average molecular weight is 566 g/mol. The number of carbonyl (C=O) groups is 1. The number of hydrogen-bond donors (Lipinski definition) is 3. The van der Waals surface area contributed by atoms with Crippen LogP contribution in [0, 0.1) is 17.7 Å². The van der Waals surface area contributed by atoms with E-state index in [1.807, 2.05) is 18.2 Å². The second-order valence-corrected chi connectivity index (χ2v) is 12.6. The van der Waals surface area contributed by atoms with Crippen molar-refractivity contribution in [3.8, 4) is 34.6 Å². The van der Waals surface area contributed by atoms with Gasteiger partial charge in [0.2, 0.25) is 5.88 Å². The van der Waals surface area contributed by atoms with Crippen molar-refractivity contribution < 1.29 is 32.9 Å². The summed E-state index contributed by atoms with van der Waals surface area (Å²) in [6.45, 7) is 1.68. The molecule has 2 aromatic carbocycles. The lowest BCUT2D eigenvalue weighted by Gasteiger charge is -2.38. The predicted octanol–water partition coefficient (Wildman–Crippen LogP) is 6.83. The number of rotatable bonds is 8. The van der Waals surface area contributed by atoms with Crippen LogP contribution in [0.2, 0.25) is 0 Å². The molecule has 1 aliphatic carbocycles. The SMILES string of the molecule is CC#C[C@@H](CC(=O)O)c1ccc(O[C@@H]2CCc3c(-c4ccc(OC5CCS(O)(O)CC5)nc4)ccc(F)c32)cc1. The largest absolute Gasteiger partial charge is 0.486 e. The standard InChI is InChI=1S/C31H32FNO6S/c1-2-3-21(18-30(34)35)20-4-7-23(8-5-20)38-28-12-10-26-25(9-11-27(32)31(26)28)22-6-13-29(33-19-22)39-24-14-16-40(36,37)17-15-24/h4-9,11,13,19,21,24,28,36-37H,10,12,14-18H2,1H3,(H,34,35)/t21-,28+/m0/s1. The number of benzene rings is 2. The Morgan fingerprint density at radius 3 is 2.48 bits per heavy atom. The smallest absolute Gasteiger partial charge is 0.304 e. The molecule has 2 heterocycles. The molecule has 9 heteroatoms. The summed E-state index contributed by atoms with van der Waals surface area (Å²) in [4.78, 5) is 15.7. The van der Waals surface area contributed by atoms with E-state index in [-0.39, 0.29) is 18.3 Å². The lowest BCUT2D eigenvalue weighted by molar-refractivity contribution is -0.137. The van der Waals surface area contributed by atoms with Crippen molar-refractivity contribution in [1.29, 1.82) is 0 Å². The molecule has 210 valence electrons. The molecule has 40 heavy (non-hydrogen) atoms. The maximum absolute atomic E-state index is 15.1. The zero-order valence-corrected chi connectivity index (χ0v) is 23.0. The van der Waals surface area contributed by atoms with Gasteiger partial charge < -0.3 is 14.6 Å². The Kier molecular flexibility index (Phi) is 8.31. The fraction of sp³-hybridized carbons (Fsp3) is 0.355. The number of aliphatic carboxylic acids is 1. The highest BCUT2D eigenvalue weighted by Gasteiger charge is 2.31. The maximum atomic E-state index is 15.1. The minimum absolute atomic E-state index is 0.0809. The molecule has 1 fully saturated rings. The van der Waals surface area contributed by atoms with Gasteiger partial charge in [-0.25, -0.2) is 9.37 Å². The number of hydrogen-bond acceptors (Lipinski definition) is 6. The number of carboxylic acid groups (broad SMARTS) is 1. The van der Waals surface area contributed by atoms with E-state index in [2.05, 4.69) is 16.8 Å². The van der Waals surface area contributed by atoms with Crippen LogP contribution in [0.25, 0.3) is 11.1 Å². The molecule has 0 unspecified atom stereocenters. The monoisotopic (exact) mass is 565 g/mol. The van der Waals surface area contributed by atoms with E-state index < -0.39 is 28.6 Å². The van der Waals surface area contributed by atoms with Crippen LogP contribution in [0.5, 0.6) is 11.6 Å². The molecule has 1 saturated heterocycles. The molecule has 1 aliphatic heterocycles. The highest BCUT2D eigenvalue weighted by atomic mass is 32.3. The summed E-state index contributed by atoms with van der Waals surface area (Å²) in [5, 5.41) is 9.18. The van der Waals surface area contributed by atoms with Crippen LogP contribution in [0.1, 0.15) is 61.3 Å². The van der Waals surface area contributed by atoms with Crippen LogP contribution in [-0.2, 0) is 11.2 Å². The molecule has 0 radical (unpaired) electrons. The number of carboxylic acids is 1. The first kappa shape index (κ1) is 28.0. The molecule has 2 aliphatic rings. The lowest BCUT2D eigenvalue weighted by atomic mass is 9.96. The fourth-order valence-electron chi connectivity index (χ4n) is 5.39. The zero-order chi connectivity index (χ0) is 28.3. The average Bonchev–Trinajstić information content (AvgIpc) is 3.35. The second-order valence-electron chi connectivity index (χ2n) is 10.2. The van der Waals surface area contributed by atoms with E-state index in [1.54, 1.807) is 37.4 Å². The summed E-state index contributed by atoms with van der Waals surface area (Å²) in [5.74, 6) is 5.86. The van der Waals surface area contributed by atoms with Gasteiger partial charge in [-0.1, -0.05) is 24.1 Å². The number of pyridine rings is 1. The molecule has 0 bridgehead atoms. The van der Waals surface area contributed by atoms with Crippen LogP contribution in [-0.4, -0.2) is 42.8 Å². The second kappa shape index (κ2) is 11.9. The van der Waals surface area contributed by atoms with Crippen LogP contribution in [0.4, 0.5) is 4.39 Å². The van der Waals surface area contributed by atoms with Crippen LogP contribution in [0.15, 0.2) is 54.7 Å². The molecule has 0 saturated carbocycles. The van der Waals surface area contributed by atoms with Crippen molar-refractivity contribution in [2.75, 3.05) is 11.5 Å². The zero-order valence-electron chi connectivity index (χ0n) is 22.2. The van der Waals surface area contributed by atoms with Gasteiger partial charge >= 0.3 is 5.97 Å². The van der Waals surface area contributed by atoms with Gasteiger partial charge in [-0.2, -0.15) is 10.6 Å². The Bertz CT molecular complexity index is 1420. The van der Waals surface area contributed by atoms with Crippen molar-refractivity contribution >= 4 is 16.6 Å². The Labute approximate surface area is 234 Å². The third-order valence-electron chi connectivity index (χ3n) is 7.41. The van der Waals surface area contributed by atoms with Crippen LogP contribution >= 0.6 is 10.6 Å². The molecule has 7 nitrogen and oxygen atoms in total. The number of aromatic nitrogens is 1. The van der Waals surface area contributed by atoms with Gasteiger partial charge in [0.1, 0.15) is 23.8 Å². The van der Waals surface area contributed by atoms with E-state index in [9.17, 15) is 19.0 Å². The van der Waals surface area contributed by atoms with Gasteiger partial charge in [0.05, 0.1) is 12.3 Å². The van der Waals surface area contributed by atoms with Crippen molar-refractivity contribution in [1.82, 2.24) is 4.98 Å². The van der Waals surface area contributed by atoms with Crippen molar-refractivity contribution in [3.63, 3.8) is 0 Å². The number of nitrogens with zero attached hydrogens (tertiary/aromatic N) is 1. The maximum Gasteiger partial charge on any atom is 0.304 e. The summed E-state index contributed by atoms with van der Waals surface area (Å²) < 4.78 is 46.8. The normalized spacial score (nSPS) is 19.6. The van der Waals surface area contributed by atoms with E-state index in [0.717, 1.165) is 22.3 Å². The molecule has 2 atom stereocenters. The summed E-state index contributed by atoms with van der Waals surface area (Å²) >= 11 is 0. The number of halogens is 1. The topological polar surface area (TPSA) is 109 Å². The van der Waals surface area contributed by atoms with E-state index >= 15 is 4.39 Å². The predicted molar refractivity (Wildman–Crippen MR) is 152 cm³/mol. The Balaban J connectivity index is 1.29. The molecule has 0 amide bonds. The highest BCUT2D eigenvalue weighted by Crippen LogP contribution is 2.45. The molecule has 5 rings (SSSR count). The molecule has 3 N–H and O–H groups in total. The summed E-state index contributed by atoms with van der Waals surface area (Å²) in [6, 6.07) is 14.1. The van der Waals surface area contributed by atoms with E-state index in [0.29, 0.717) is 54.4 Å². The van der Waals surface area contributed by atoms with Gasteiger partial charge in [0, 0.05) is 47.7 Å². The molecule has 0 spiro atoms. The molecular weight excluding hydrogens is 533 g/mol. The van der Waals surface area contributed by atoms with Gasteiger partial charge in [-0.15, -0.1) is 5.92 Å². The first-order valence-electron chi connectivity index (χ1n) is 13.3.